The van der Waals surface area contributed by atoms with Gasteiger partial charge in [0.2, 0.25) is 5.91 Å². The van der Waals surface area contributed by atoms with Crippen LogP contribution in [-0.2, 0) is 4.79 Å². The number of rotatable bonds is 3. The lowest BCUT2D eigenvalue weighted by Gasteiger charge is -2.10. The Labute approximate surface area is 128 Å². The van der Waals surface area contributed by atoms with E-state index >= 15 is 0 Å². The van der Waals surface area contributed by atoms with Crippen LogP contribution in [-0.4, -0.2) is 11.8 Å². The third-order valence-corrected chi connectivity index (χ3v) is 3.13. The Hall–Kier alpha value is -2.33. The molecule has 0 unspecified atom stereocenters. The van der Waals surface area contributed by atoms with Gasteiger partial charge in [-0.3, -0.25) is 9.59 Å². The normalized spacial score (nSPS) is 10.0. The van der Waals surface area contributed by atoms with E-state index in [9.17, 15) is 9.59 Å². The lowest BCUT2D eigenvalue weighted by molar-refractivity contribution is -0.114. The SMILES string of the molecule is CC(=O)Nc1cccc(C(=O)Nc2cc(Cl)ccc2C)c1. The van der Waals surface area contributed by atoms with Crippen LogP contribution >= 0.6 is 11.6 Å². The minimum atomic E-state index is -0.257. The average Bonchev–Trinajstić information content (AvgIpc) is 2.42. The van der Waals surface area contributed by atoms with Crippen LogP contribution in [0.5, 0.6) is 0 Å². The van der Waals surface area contributed by atoms with Gasteiger partial charge in [-0.25, -0.2) is 0 Å². The molecule has 0 aliphatic heterocycles. The van der Waals surface area contributed by atoms with Gasteiger partial charge >= 0.3 is 0 Å². The van der Waals surface area contributed by atoms with Gasteiger partial charge < -0.3 is 10.6 Å². The van der Waals surface area contributed by atoms with Crippen LogP contribution in [0.4, 0.5) is 11.4 Å². The fourth-order valence-corrected chi connectivity index (χ4v) is 2.04. The van der Waals surface area contributed by atoms with Crippen molar-refractivity contribution < 1.29 is 9.59 Å². The second kappa shape index (κ2) is 6.41. The molecule has 2 aromatic carbocycles. The Morgan fingerprint density at radius 1 is 1.05 bits per heavy atom. The van der Waals surface area contributed by atoms with E-state index in [1.54, 1.807) is 36.4 Å². The number of nitrogens with one attached hydrogen (secondary N) is 2. The predicted molar refractivity (Wildman–Crippen MR) is 84.9 cm³/mol. The summed E-state index contributed by atoms with van der Waals surface area (Å²) in [5, 5.41) is 6.01. The van der Waals surface area contributed by atoms with Crippen LogP contribution in [0, 0.1) is 6.92 Å². The number of hydrogen-bond donors (Lipinski definition) is 2. The average molecular weight is 303 g/mol. The summed E-state index contributed by atoms with van der Waals surface area (Å²) in [5.41, 5.74) is 2.63. The van der Waals surface area contributed by atoms with Gasteiger partial charge in [0.05, 0.1) is 0 Å². The summed E-state index contributed by atoms with van der Waals surface area (Å²) in [6.07, 6.45) is 0. The minimum absolute atomic E-state index is 0.182. The standard InChI is InChI=1S/C16H15ClN2O2/c1-10-6-7-13(17)9-15(10)19-16(21)12-4-3-5-14(8-12)18-11(2)20/h3-9H,1-2H3,(H,18,20)(H,19,21). The predicted octanol–water partition coefficient (Wildman–Crippen LogP) is 3.86. The smallest absolute Gasteiger partial charge is 0.255 e. The number of aryl methyl sites for hydroxylation is 1. The summed E-state index contributed by atoms with van der Waals surface area (Å²) in [6, 6.07) is 12.0. The molecule has 4 nitrogen and oxygen atoms in total. The summed E-state index contributed by atoms with van der Waals surface area (Å²) >= 11 is 5.93. The molecule has 2 N–H and O–H groups in total. The zero-order valence-electron chi connectivity index (χ0n) is 11.7. The van der Waals surface area contributed by atoms with Crippen molar-refractivity contribution in [2.24, 2.45) is 0 Å². The molecule has 2 rings (SSSR count). The Morgan fingerprint density at radius 3 is 2.52 bits per heavy atom. The maximum absolute atomic E-state index is 12.2. The molecule has 2 amide bonds. The highest BCUT2D eigenvalue weighted by Gasteiger charge is 2.09. The number of carbonyl (C=O) groups excluding carboxylic acids is 2. The van der Waals surface area contributed by atoms with Crippen molar-refractivity contribution in [2.75, 3.05) is 10.6 Å². The van der Waals surface area contributed by atoms with Crippen LogP contribution in [0.2, 0.25) is 5.02 Å². The molecule has 0 spiro atoms. The molecule has 21 heavy (non-hydrogen) atoms. The van der Waals surface area contributed by atoms with Crippen molar-refractivity contribution in [2.45, 2.75) is 13.8 Å². The summed E-state index contributed by atoms with van der Waals surface area (Å²) in [4.78, 5) is 23.3. The molecule has 0 radical (unpaired) electrons. The molecule has 0 fully saturated rings. The van der Waals surface area contributed by atoms with E-state index < -0.39 is 0 Å². The molecule has 5 heteroatoms. The van der Waals surface area contributed by atoms with E-state index in [1.165, 1.54) is 6.92 Å². The zero-order chi connectivity index (χ0) is 15.4. The molecule has 0 heterocycles. The fraction of sp³-hybridized carbons (Fsp3) is 0.125. The lowest BCUT2D eigenvalue weighted by Crippen LogP contribution is -2.13. The van der Waals surface area contributed by atoms with Gasteiger partial charge in [0.15, 0.2) is 0 Å². The summed E-state index contributed by atoms with van der Waals surface area (Å²) < 4.78 is 0. The maximum atomic E-state index is 12.2. The minimum Gasteiger partial charge on any atom is -0.326 e. The van der Waals surface area contributed by atoms with Crippen molar-refractivity contribution in [3.8, 4) is 0 Å². The number of anilines is 2. The number of amides is 2. The number of hydrogen-bond acceptors (Lipinski definition) is 2. The molecule has 0 aliphatic rings. The van der Waals surface area contributed by atoms with E-state index in [2.05, 4.69) is 10.6 Å². The first-order chi connectivity index (χ1) is 9.95. The molecule has 0 bridgehead atoms. The summed E-state index contributed by atoms with van der Waals surface area (Å²) in [5.74, 6) is -0.439. The van der Waals surface area contributed by atoms with Gasteiger partial charge in [-0.15, -0.1) is 0 Å². The van der Waals surface area contributed by atoms with Gasteiger partial charge in [0.1, 0.15) is 0 Å². The van der Waals surface area contributed by atoms with Gasteiger partial charge in [-0.2, -0.15) is 0 Å². The Balaban J connectivity index is 2.20. The van der Waals surface area contributed by atoms with Crippen molar-refractivity contribution in [3.05, 3.63) is 58.6 Å². The molecular formula is C16H15ClN2O2. The van der Waals surface area contributed by atoms with Crippen molar-refractivity contribution >= 4 is 34.8 Å². The first-order valence-corrected chi connectivity index (χ1v) is 6.78. The van der Waals surface area contributed by atoms with E-state index in [0.29, 0.717) is 22.0 Å². The molecule has 0 aromatic heterocycles. The number of benzene rings is 2. The summed E-state index contributed by atoms with van der Waals surface area (Å²) in [6.45, 7) is 3.31. The van der Waals surface area contributed by atoms with Crippen LogP contribution < -0.4 is 10.6 Å². The van der Waals surface area contributed by atoms with Crippen LogP contribution in [0.25, 0.3) is 0 Å². The Morgan fingerprint density at radius 2 is 1.81 bits per heavy atom. The molecular weight excluding hydrogens is 288 g/mol. The van der Waals surface area contributed by atoms with Gasteiger partial charge in [0.25, 0.3) is 5.91 Å². The van der Waals surface area contributed by atoms with Crippen LogP contribution in [0.3, 0.4) is 0 Å². The maximum Gasteiger partial charge on any atom is 0.255 e. The fourth-order valence-electron chi connectivity index (χ4n) is 1.86. The summed E-state index contributed by atoms with van der Waals surface area (Å²) in [7, 11) is 0. The molecule has 2 aromatic rings. The lowest BCUT2D eigenvalue weighted by atomic mass is 10.1. The van der Waals surface area contributed by atoms with Gasteiger partial charge in [-0.1, -0.05) is 23.7 Å². The van der Waals surface area contributed by atoms with E-state index in [0.717, 1.165) is 5.56 Å². The highest BCUT2D eigenvalue weighted by atomic mass is 35.5. The van der Waals surface area contributed by atoms with E-state index in [4.69, 9.17) is 11.6 Å². The highest BCUT2D eigenvalue weighted by molar-refractivity contribution is 6.31. The quantitative estimate of drug-likeness (QED) is 0.904. The van der Waals surface area contributed by atoms with Gasteiger partial charge in [0, 0.05) is 28.9 Å². The van der Waals surface area contributed by atoms with E-state index in [-0.39, 0.29) is 11.8 Å². The molecule has 0 aliphatic carbocycles. The zero-order valence-corrected chi connectivity index (χ0v) is 12.5. The molecule has 0 saturated carbocycles. The number of halogens is 1. The topological polar surface area (TPSA) is 58.2 Å². The Kier molecular flexibility index (Phi) is 4.60. The van der Waals surface area contributed by atoms with Crippen molar-refractivity contribution in [3.63, 3.8) is 0 Å². The molecule has 108 valence electrons. The third kappa shape index (κ3) is 4.07. The second-order valence-corrected chi connectivity index (χ2v) is 5.11. The number of carbonyl (C=O) groups is 2. The highest BCUT2D eigenvalue weighted by Crippen LogP contribution is 2.21. The van der Waals surface area contributed by atoms with Crippen molar-refractivity contribution in [1.29, 1.82) is 0 Å². The van der Waals surface area contributed by atoms with Crippen LogP contribution in [0.1, 0.15) is 22.8 Å². The second-order valence-electron chi connectivity index (χ2n) is 4.68. The van der Waals surface area contributed by atoms with Gasteiger partial charge in [-0.05, 0) is 42.8 Å². The van der Waals surface area contributed by atoms with Crippen LogP contribution in [0.15, 0.2) is 42.5 Å². The Bertz CT molecular complexity index is 698. The van der Waals surface area contributed by atoms with Crippen molar-refractivity contribution in [1.82, 2.24) is 0 Å². The largest absolute Gasteiger partial charge is 0.326 e. The first kappa shape index (κ1) is 15.1. The third-order valence-electron chi connectivity index (χ3n) is 2.89. The van der Waals surface area contributed by atoms with E-state index in [1.807, 2.05) is 13.0 Å². The molecule has 0 atom stereocenters. The monoisotopic (exact) mass is 302 g/mol. The first-order valence-electron chi connectivity index (χ1n) is 6.41. The molecule has 0 saturated heterocycles.